The van der Waals surface area contributed by atoms with Crippen LogP contribution >= 0.6 is 11.8 Å². The highest BCUT2D eigenvalue weighted by Gasteiger charge is 2.10. The number of benzene rings is 2. The van der Waals surface area contributed by atoms with Crippen LogP contribution in [0, 0.1) is 11.3 Å². The topological polar surface area (TPSA) is 84.1 Å². The van der Waals surface area contributed by atoms with Crippen molar-refractivity contribution in [3.05, 3.63) is 42.0 Å². The Hall–Kier alpha value is -2.78. The zero-order chi connectivity index (χ0) is 16.4. The van der Waals surface area contributed by atoms with Crippen molar-refractivity contribution in [1.82, 2.24) is 4.98 Å². The monoisotopic (exact) mass is 325 g/mol. The van der Waals surface area contributed by atoms with Gasteiger partial charge in [-0.2, -0.15) is 5.26 Å². The van der Waals surface area contributed by atoms with Crippen LogP contribution in [0.25, 0.3) is 10.9 Å². The van der Waals surface area contributed by atoms with Crippen LogP contribution in [-0.2, 0) is 0 Å². The number of nitriles is 1. The highest BCUT2D eigenvalue weighted by Crippen LogP contribution is 2.36. The van der Waals surface area contributed by atoms with E-state index in [1.807, 2.05) is 36.4 Å². The molecule has 0 aliphatic rings. The second-order valence-corrected chi connectivity index (χ2v) is 6.00. The molecule has 0 atom stereocenters. The summed E-state index contributed by atoms with van der Waals surface area (Å²) in [4.78, 5) is 5.04. The smallest absolute Gasteiger partial charge is 0.161 e. The Morgan fingerprint density at radius 3 is 2.43 bits per heavy atom. The number of nitrogens with zero attached hydrogens (tertiary/aromatic N) is 1. The number of rotatable bonds is 4. The average Bonchev–Trinajstić information content (AvgIpc) is 2.89. The number of fused-ring (bicyclic) bond motifs is 1. The summed E-state index contributed by atoms with van der Waals surface area (Å²) in [6, 6.07) is 13.8. The van der Waals surface area contributed by atoms with Crippen LogP contribution in [-0.4, -0.2) is 19.2 Å². The largest absolute Gasteiger partial charge is 0.493 e. The lowest BCUT2D eigenvalue weighted by atomic mass is 10.2. The highest BCUT2D eigenvalue weighted by atomic mass is 32.2. The van der Waals surface area contributed by atoms with Crippen molar-refractivity contribution in [3.8, 4) is 17.6 Å². The lowest BCUT2D eigenvalue weighted by Gasteiger charge is -2.09. The Morgan fingerprint density at radius 2 is 1.74 bits per heavy atom. The van der Waals surface area contributed by atoms with Gasteiger partial charge in [-0.1, -0.05) is 11.8 Å². The number of anilines is 1. The third kappa shape index (κ3) is 2.79. The Bertz CT molecular complexity index is 912. The predicted octanol–water partition coefficient (Wildman–Crippen LogP) is 3.79. The van der Waals surface area contributed by atoms with E-state index in [4.69, 9.17) is 15.2 Å². The summed E-state index contributed by atoms with van der Waals surface area (Å²) in [5, 5.41) is 10.1. The van der Waals surface area contributed by atoms with Crippen LogP contribution in [0.1, 0.15) is 5.56 Å². The Morgan fingerprint density at radius 1 is 1.04 bits per heavy atom. The molecule has 0 radical (unpaired) electrons. The predicted molar refractivity (Wildman–Crippen MR) is 91.1 cm³/mol. The number of nitrogens with two attached hydrogens (primary N) is 1. The molecule has 0 bridgehead atoms. The molecule has 0 saturated carbocycles. The molecule has 0 amide bonds. The molecule has 0 aliphatic carbocycles. The van der Waals surface area contributed by atoms with Crippen molar-refractivity contribution in [2.45, 2.75) is 9.79 Å². The molecular formula is C17H15N3O2S. The molecule has 0 spiro atoms. The Labute approximate surface area is 138 Å². The van der Waals surface area contributed by atoms with E-state index in [9.17, 15) is 5.26 Å². The van der Waals surface area contributed by atoms with Gasteiger partial charge in [0.05, 0.1) is 14.2 Å². The van der Waals surface area contributed by atoms with Crippen molar-refractivity contribution in [2.75, 3.05) is 20.0 Å². The zero-order valence-electron chi connectivity index (χ0n) is 12.7. The maximum atomic E-state index is 9.22. The summed E-state index contributed by atoms with van der Waals surface area (Å²) in [7, 11) is 3.22. The van der Waals surface area contributed by atoms with Gasteiger partial charge in [-0.05, 0) is 36.4 Å². The molecule has 23 heavy (non-hydrogen) atoms. The third-order valence-electron chi connectivity index (χ3n) is 3.50. The molecule has 116 valence electrons. The molecule has 1 aromatic heterocycles. The number of methoxy groups -OCH3 is 2. The van der Waals surface area contributed by atoms with Crippen molar-refractivity contribution in [3.63, 3.8) is 0 Å². The quantitative estimate of drug-likeness (QED) is 0.762. The molecule has 3 N–H and O–H groups in total. The van der Waals surface area contributed by atoms with E-state index in [1.165, 1.54) is 0 Å². The maximum Gasteiger partial charge on any atom is 0.161 e. The van der Waals surface area contributed by atoms with E-state index >= 15 is 0 Å². The van der Waals surface area contributed by atoms with E-state index < -0.39 is 0 Å². The highest BCUT2D eigenvalue weighted by molar-refractivity contribution is 7.99. The molecule has 0 fully saturated rings. The van der Waals surface area contributed by atoms with Crippen molar-refractivity contribution in [2.24, 2.45) is 0 Å². The Balaban J connectivity index is 1.97. The van der Waals surface area contributed by atoms with Crippen LogP contribution in [0.2, 0.25) is 0 Å². The summed E-state index contributed by atoms with van der Waals surface area (Å²) < 4.78 is 10.6. The fourth-order valence-electron chi connectivity index (χ4n) is 2.39. The molecule has 3 rings (SSSR count). The number of aromatic nitrogens is 1. The summed E-state index contributed by atoms with van der Waals surface area (Å²) in [5.74, 6) is 1.77. The molecule has 0 aliphatic heterocycles. The molecule has 0 saturated heterocycles. The van der Waals surface area contributed by atoms with Gasteiger partial charge in [0.2, 0.25) is 0 Å². The minimum atomic E-state index is 0.399. The van der Waals surface area contributed by atoms with Crippen LogP contribution in [0.15, 0.2) is 46.2 Å². The fraction of sp³-hybridized carbons (Fsp3) is 0.118. The van der Waals surface area contributed by atoms with E-state index in [0.29, 0.717) is 22.9 Å². The first kappa shape index (κ1) is 15.1. The first-order chi connectivity index (χ1) is 11.2. The number of hydrogen-bond acceptors (Lipinski definition) is 5. The maximum absolute atomic E-state index is 9.22. The van der Waals surface area contributed by atoms with Crippen molar-refractivity contribution >= 4 is 28.5 Å². The van der Waals surface area contributed by atoms with Crippen LogP contribution in [0.4, 0.5) is 5.82 Å². The van der Waals surface area contributed by atoms with Gasteiger partial charge in [0.15, 0.2) is 11.5 Å². The normalized spacial score (nSPS) is 10.5. The van der Waals surface area contributed by atoms with Gasteiger partial charge < -0.3 is 20.2 Å². The van der Waals surface area contributed by atoms with Gasteiger partial charge >= 0.3 is 0 Å². The number of nitrogens with one attached hydrogen (secondary N) is 1. The van der Waals surface area contributed by atoms with Crippen LogP contribution in [0.3, 0.4) is 0 Å². The molecule has 3 aromatic rings. The summed E-state index contributed by atoms with van der Waals surface area (Å²) in [5.41, 5.74) is 7.16. The van der Waals surface area contributed by atoms with Gasteiger partial charge in [0, 0.05) is 20.7 Å². The molecule has 1 heterocycles. The van der Waals surface area contributed by atoms with Gasteiger partial charge in [-0.25, -0.2) is 0 Å². The van der Waals surface area contributed by atoms with E-state index in [-0.39, 0.29) is 0 Å². The van der Waals surface area contributed by atoms with Crippen molar-refractivity contribution < 1.29 is 9.47 Å². The van der Waals surface area contributed by atoms with E-state index in [0.717, 1.165) is 20.7 Å². The standard InChI is InChI=1S/C17H15N3O2S/c1-21-15-6-4-11(8-16(15)22-2)23-10-3-5-14-12(7-10)13(9-18)17(19)20-14/h3-8,20H,19H2,1-2H3. The van der Waals surface area contributed by atoms with E-state index in [2.05, 4.69) is 11.1 Å². The zero-order valence-corrected chi connectivity index (χ0v) is 13.5. The van der Waals surface area contributed by atoms with Crippen LogP contribution < -0.4 is 15.2 Å². The minimum Gasteiger partial charge on any atom is -0.493 e. The second-order valence-electron chi connectivity index (χ2n) is 4.85. The molecule has 6 heteroatoms. The Kier molecular flexibility index (Phi) is 4.04. The van der Waals surface area contributed by atoms with Crippen LogP contribution in [0.5, 0.6) is 11.5 Å². The first-order valence-corrected chi connectivity index (χ1v) is 7.69. The van der Waals surface area contributed by atoms with Crippen molar-refractivity contribution in [1.29, 1.82) is 5.26 Å². The SMILES string of the molecule is COc1ccc(Sc2ccc3[nH]c(N)c(C#N)c3c2)cc1OC. The number of nitrogen functional groups attached to an aromatic ring is 1. The van der Waals surface area contributed by atoms with Gasteiger partial charge in [0.1, 0.15) is 17.5 Å². The summed E-state index contributed by atoms with van der Waals surface area (Å²) in [6.07, 6.45) is 0. The lowest BCUT2D eigenvalue weighted by Crippen LogP contribution is -1.90. The molecule has 2 aromatic carbocycles. The summed E-state index contributed by atoms with van der Waals surface area (Å²) >= 11 is 1.58. The number of aromatic amines is 1. The van der Waals surface area contributed by atoms with E-state index in [1.54, 1.807) is 26.0 Å². The first-order valence-electron chi connectivity index (χ1n) is 6.87. The fourth-order valence-corrected chi connectivity index (χ4v) is 3.28. The summed E-state index contributed by atoms with van der Waals surface area (Å²) in [6.45, 7) is 0. The second kappa shape index (κ2) is 6.15. The lowest BCUT2D eigenvalue weighted by molar-refractivity contribution is 0.354. The minimum absolute atomic E-state index is 0.399. The van der Waals surface area contributed by atoms with Gasteiger partial charge in [-0.15, -0.1) is 0 Å². The van der Waals surface area contributed by atoms with Gasteiger partial charge in [-0.3, -0.25) is 0 Å². The molecule has 5 nitrogen and oxygen atoms in total. The number of hydrogen-bond donors (Lipinski definition) is 2. The van der Waals surface area contributed by atoms with Gasteiger partial charge in [0.25, 0.3) is 0 Å². The molecular weight excluding hydrogens is 310 g/mol. The average molecular weight is 325 g/mol. The third-order valence-corrected chi connectivity index (χ3v) is 4.48. The number of H-pyrrole nitrogens is 1. The number of ether oxygens (including phenoxy) is 2. The molecule has 0 unspecified atom stereocenters.